The maximum atomic E-state index is 13.6. The molecule has 2 amide bonds. The van der Waals surface area contributed by atoms with Gasteiger partial charge in [-0.3, -0.25) is 9.59 Å². The van der Waals surface area contributed by atoms with Crippen molar-refractivity contribution >= 4 is 17.5 Å². The molecule has 0 N–H and O–H groups in total. The van der Waals surface area contributed by atoms with Crippen molar-refractivity contribution in [3.63, 3.8) is 0 Å². The Kier molecular flexibility index (Phi) is 8.87. The van der Waals surface area contributed by atoms with Crippen LogP contribution in [0.15, 0.2) is 61.2 Å². The minimum atomic E-state index is 0.0224. The summed E-state index contributed by atoms with van der Waals surface area (Å²) in [5.41, 5.74) is 3.70. The van der Waals surface area contributed by atoms with Crippen LogP contribution in [0.3, 0.4) is 0 Å². The Balaban J connectivity index is 1.57. The molecule has 1 aromatic heterocycles. The molecule has 4 rings (SSSR count). The Morgan fingerprint density at radius 1 is 0.917 bits per heavy atom. The van der Waals surface area contributed by atoms with E-state index < -0.39 is 0 Å². The Labute approximate surface area is 214 Å². The van der Waals surface area contributed by atoms with Crippen LogP contribution in [0, 0.1) is 5.92 Å². The van der Waals surface area contributed by atoms with Crippen LogP contribution in [0.1, 0.15) is 73.9 Å². The molecule has 0 radical (unpaired) electrons. The third-order valence-electron chi connectivity index (χ3n) is 6.64. The molecule has 190 valence electrons. The lowest BCUT2D eigenvalue weighted by atomic mass is 10.0. The van der Waals surface area contributed by atoms with Crippen molar-refractivity contribution in [2.24, 2.45) is 5.92 Å². The average Bonchev–Trinajstić information content (AvgIpc) is 3.37. The molecule has 0 atom stereocenters. The van der Waals surface area contributed by atoms with Crippen LogP contribution < -0.4 is 4.90 Å². The molecule has 7 heteroatoms. The van der Waals surface area contributed by atoms with Crippen LogP contribution in [0.4, 0.5) is 5.69 Å². The number of hydrogen-bond donors (Lipinski definition) is 0. The van der Waals surface area contributed by atoms with Gasteiger partial charge < -0.3 is 9.80 Å². The number of nitrogens with zero attached hydrogens (tertiary/aromatic N) is 5. The predicted molar refractivity (Wildman–Crippen MR) is 142 cm³/mol. The highest BCUT2D eigenvalue weighted by molar-refractivity contribution is 5.95. The van der Waals surface area contributed by atoms with Crippen LogP contribution in [-0.2, 0) is 17.9 Å². The van der Waals surface area contributed by atoms with E-state index in [4.69, 9.17) is 0 Å². The predicted octanol–water partition coefficient (Wildman–Crippen LogP) is 5.31. The molecule has 2 heterocycles. The largest absolute Gasteiger partial charge is 0.334 e. The minimum absolute atomic E-state index is 0.0224. The number of amides is 2. The molecule has 0 fully saturated rings. The summed E-state index contributed by atoms with van der Waals surface area (Å²) in [7, 11) is 0. The van der Waals surface area contributed by atoms with E-state index in [1.165, 1.54) is 6.33 Å². The molecule has 0 saturated carbocycles. The van der Waals surface area contributed by atoms with E-state index in [2.05, 4.69) is 30.0 Å². The standard InChI is InChI=1S/C29H37N5O2/c1-23(2)18-28(35)34-17-9-5-3-4-8-16-32(20-26-10-6-7-11-27(26)34)29(36)25-14-12-24(13-15-25)19-33-22-30-21-31-33/h6-7,10-15,21-23H,3-5,8-9,16-20H2,1-2H3. The molecule has 0 saturated heterocycles. The lowest BCUT2D eigenvalue weighted by Crippen LogP contribution is -2.36. The van der Waals surface area contributed by atoms with Crippen LogP contribution >= 0.6 is 0 Å². The minimum Gasteiger partial charge on any atom is -0.334 e. The lowest BCUT2D eigenvalue weighted by Gasteiger charge is -2.30. The molecule has 0 aliphatic carbocycles. The van der Waals surface area contributed by atoms with Crippen molar-refractivity contribution in [2.45, 2.75) is 65.5 Å². The van der Waals surface area contributed by atoms with E-state index in [-0.39, 0.29) is 11.8 Å². The lowest BCUT2D eigenvalue weighted by molar-refractivity contribution is -0.119. The number of benzene rings is 2. The van der Waals surface area contributed by atoms with Crippen LogP contribution in [0.25, 0.3) is 0 Å². The smallest absolute Gasteiger partial charge is 0.254 e. The van der Waals surface area contributed by atoms with Crippen molar-refractivity contribution in [1.82, 2.24) is 19.7 Å². The number of fused-ring (bicyclic) bond motifs is 1. The van der Waals surface area contributed by atoms with E-state index >= 15 is 0 Å². The zero-order valence-corrected chi connectivity index (χ0v) is 21.5. The van der Waals surface area contributed by atoms with E-state index in [0.29, 0.717) is 37.5 Å². The van der Waals surface area contributed by atoms with Gasteiger partial charge in [0, 0.05) is 37.3 Å². The Bertz CT molecular complexity index is 1120. The number of anilines is 1. The molecular formula is C29H37N5O2. The fourth-order valence-corrected chi connectivity index (χ4v) is 4.74. The van der Waals surface area contributed by atoms with Gasteiger partial charge >= 0.3 is 0 Å². The highest BCUT2D eigenvalue weighted by Crippen LogP contribution is 2.26. The third-order valence-corrected chi connectivity index (χ3v) is 6.64. The molecular weight excluding hydrogens is 450 g/mol. The monoisotopic (exact) mass is 487 g/mol. The summed E-state index contributed by atoms with van der Waals surface area (Å²) < 4.78 is 1.76. The van der Waals surface area contributed by atoms with E-state index in [1.807, 2.05) is 52.3 Å². The van der Waals surface area contributed by atoms with Gasteiger partial charge in [-0.2, -0.15) is 5.10 Å². The molecule has 1 aliphatic rings. The summed E-state index contributed by atoms with van der Waals surface area (Å²) >= 11 is 0. The number of hydrogen-bond acceptors (Lipinski definition) is 4. The second-order valence-corrected chi connectivity index (χ2v) is 10.1. The second-order valence-electron chi connectivity index (χ2n) is 10.1. The number of rotatable bonds is 5. The first-order valence-electron chi connectivity index (χ1n) is 13.1. The summed E-state index contributed by atoms with van der Waals surface area (Å²) in [6.45, 7) is 6.69. The summed E-state index contributed by atoms with van der Waals surface area (Å²) in [4.78, 5) is 34.7. The first-order chi connectivity index (χ1) is 17.5. The number of carbonyl (C=O) groups excluding carboxylic acids is 2. The van der Waals surface area contributed by atoms with Gasteiger partial charge in [0.25, 0.3) is 5.91 Å². The van der Waals surface area contributed by atoms with Crippen molar-refractivity contribution in [1.29, 1.82) is 0 Å². The van der Waals surface area contributed by atoms with Gasteiger partial charge in [-0.15, -0.1) is 0 Å². The van der Waals surface area contributed by atoms with E-state index in [0.717, 1.165) is 55.5 Å². The Hall–Kier alpha value is -3.48. The Morgan fingerprint density at radius 3 is 2.36 bits per heavy atom. The zero-order chi connectivity index (χ0) is 25.3. The summed E-state index contributed by atoms with van der Waals surface area (Å²) in [5.74, 6) is 0.487. The molecule has 0 unspecified atom stereocenters. The molecule has 1 aliphatic heterocycles. The third kappa shape index (κ3) is 6.80. The van der Waals surface area contributed by atoms with Crippen molar-refractivity contribution in [3.8, 4) is 0 Å². The Morgan fingerprint density at radius 2 is 1.64 bits per heavy atom. The zero-order valence-electron chi connectivity index (χ0n) is 21.5. The average molecular weight is 488 g/mol. The van der Waals surface area contributed by atoms with Gasteiger partial charge in [0.05, 0.1) is 6.54 Å². The molecule has 36 heavy (non-hydrogen) atoms. The van der Waals surface area contributed by atoms with Gasteiger partial charge in [-0.1, -0.05) is 63.4 Å². The molecule has 7 nitrogen and oxygen atoms in total. The van der Waals surface area contributed by atoms with Crippen molar-refractivity contribution in [2.75, 3.05) is 18.0 Å². The van der Waals surface area contributed by atoms with Crippen molar-refractivity contribution < 1.29 is 9.59 Å². The molecule has 0 spiro atoms. The van der Waals surface area contributed by atoms with Gasteiger partial charge in [-0.25, -0.2) is 9.67 Å². The first-order valence-corrected chi connectivity index (χ1v) is 13.1. The quantitative estimate of drug-likeness (QED) is 0.489. The molecule has 0 bridgehead atoms. The fraction of sp³-hybridized carbons (Fsp3) is 0.448. The first kappa shape index (κ1) is 25.6. The number of carbonyl (C=O) groups is 2. The van der Waals surface area contributed by atoms with Crippen LogP contribution in [0.2, 0.25) is 0 Å². The van der Waals surface area contributed by atoms with Crippen LogP contribution in [-0.4, -0.2) is 44.6 Å². The van der Waals surface area contributed by atoms with Gasteiger partial charge in [0.1, 0.15) is 12.7 Å². The summed E-state index contributed by atoms with van der Waals surface area (Å²) in [6.07, 6.45) is 9.00. The van der Waals surface area contributed by atoms with E-state index in [9.17, 15) is 9.59 Å². The second kappa shape index (κ2) is 12.5. The SMILES string of the molecule is CC(C)CC(=O)N1CCCCCCCN(C(=O)c2ccc(Cn3cncn3)cc2)Cc2ccccc21. The summed E-state index contributed by atoms with van der Waals surface area (Å²) in [6, 6.07) is 15.8. The number of aromatic nitrogens is 3. The highest BCUT2D eigenvalue weighted by Gasteiger charge is 2.23. The molecule has 2 aromatic carbocycles. The summed E-state index contributed by atoms with van der Waals surface area (Å²) in [5, 5.41) is 4.15. The number of para-hydroxylation sites is 1. The van der Waals surface area contributed by atoms with Crippen LogP contribution in [0.5, 0.6) is 0 Å². The normalized spacial score (nSPS) is 15.2. The maximum absolute atomic E-state index is 13.6. The molecule has 3 aromatic rings. The van der Waals surface area contributed by atoms with Gasteiger partial charge in [0.2, 0.25) is 5.91 Å². The highest BCUT2D eigenvalue weighted by atomic mass is 16.2. The van der Waals surface area contributed by atoms with Crippen molar-refractivity contribution in [3.05, 3.63) is 77.9 Å². The maximum Gasteiger partial charge on any atom is 0.254 e. The van der Waals surface area contributed by atoms with Gasteiger partial charge in [-0.05, 0) is 48.1 Å². The fourth-order valence-electron chi connectivity index (χ4n) is 4.74. The van der Waals surface area contributed by atoms with Gasteiger partial charge in [0.15, 0.2) is 0 Å². The van der Waals surface area contributed by atoms with E-state index in [1.54, 1.807) is 11.0 Å². The topological polar surface area (TPSA) is 71.3 Å².